The molecule has 0 bridgehead atoms. The van der Waals surface area contributed by atoms with Gasteiger partial charge in [-0.3, -0.25) is 9.69 Å². The van der Waals surface area contributed by atoms with Crippen LogP contribution in [0.15, 0.2) is 24.3 Å². The predicted molar refractivity (Wildman–Crippen MR) is 101 cm³/mol. The van der Waals surface area contributed by atoms with Gasteiger partial charge in [0.2, 0.25) is 5.91 Å². The molecule has 1 aliphatic carbocycles. The summed E-state index contributed by atoms with van der Waals surface area (Å²) < 4.78 is 0. The Morgan fingerprint density at radius 2 is 1.64 bits per heavy atom. The van der Waals surface area contributed by atoms with Gasteiger partial charge in [-0.1, -0.05) is 30.2 Å². The fraction of sp³-hybridized carbons (Fsp3) is 0.667. The fourth-order valence-corrected chi connectivity index (χ4v) is 5.14. The molecule has 3 fully saturated rings. The van der Waals surface area contributed by atoms with E-state index in [1.165, 1.54) is 24.8 Å². The van der Waals surface area contributed by atoms with Crippen LogP contribution < -0.4 is 0 Å². The number of carbonyl (C=O) groups is 1. The van der Waals surface area contributed by atoms with Gasteiger partial charge < -0.3 is 4.90 Å². The van der Waals surface area contributed by atoms with Crippen molar-refractivity contribution in [3.63, 3.8) is 0 Å². The molecule has 2 unspecified atom stereocenters. The third kappa shape index (κ3) is 4.20. The van der Waals surface area contributed by atoms with Crippen LogP contribution in [0.4, 0.5) is 0 Å². The normalized spacial score (nSPS) is 27.6. The van der Waals surface area contributed by atoms with Crippen molar-refractivity contribution in [3.8, 4) is 0 Å². The van der Waals surface area contributed by atoms with Crippen LogP contribution in [0, 0.1) is 17.8 Å². The Morgan fingerprint density at radius 1 is 1.00 bits per heavy atom. The Labute approximate surface area is 156 Å². The largest absolute Gasteiger partial charge is 0.342 e. The number of hydrogen-bond donors (Lipinski definition) is 0. The number of rotatable bonds is 4. The Bertz CT molecular complexity index is 582. The number of amides is 1. The molecule has 2 atom stereocenters. The minimum absolute atomic E-state index is 0.422. The van der Waals surface area contributed by atoms with Crippen molar-refractivity contribution in [2.75, 3.05) is 26.2 Å². The molecule has 1 aromatic carbocycles. The summed E-state index contributed by atoms with van der Waals surface area (Å²) in [5.74, 6) is 2.62. The number of halogens is 1. The van der Waals surface area contributed by atoms with Crippen LogP contribution >= 0.6 is 11.6 Å². The number of likely N-dealkylation sites (tertiary alicyclic amines) is 2. The van der Waals surface area contributed by atoms with Crippen molar-refractivity contribution in [2.45, 2.75) is 45.1 Å². The fourth-order valence-electron chi connectivity index (χ4n) is 5.01. The molecule has 3 nitrogen and oxygen atoms in total. The zero-order valence-electron chi connectivity index (χ0n) is 15.0. The van der Waals surface area contributed by atoms with E-state index in [-0.39, 0.29) is 0 Å². The van der Waals surface area contributed by atoms with E-state index < -0.39 is 0 Å². The standard InChI is InChI=1S/C21H29ClN2O/c22-20-6-4-17(5-7-20)13-23-10-8-16(9-11-23)12-21(25)24-14-18-2-1-3-19(18)15-24/h4-7,16,18-19H,1-3,8-15H2. The lowest BCUT2D eigenvalue weighted by atomic mass is 9.92. The molecule has 1 saturated carbocycles. The molecule has 1 aromatic rings. The second-order valence-electron chi connectivity index (χ2n) is 8.30. The highest BCUT2D eigenvalue weighted by Crippen LogP contribution is 2.38. The van der Waals surface area contributed by atoms with E-state index in [2.05, 4.69) is 21.9 Å². The first-order valence-electron chi connectivity index (χ1n) is 9.92. The third-order valence-electron chi connectivity index (χ3n) is 6.57. The van der Waals surface area contributed by atoms with Crippen molar-refractivity contribution in [1.82, 2.24) is 9.80 Å². The Morgan fingerprint density at radius 3 is 2.28 bits per heavy atom. The average molecular weight is 361 g/mol. The van der Waals surface area contributed by atoms with E-state index in [9.17, 15) is 4.79 Å². The predicted octanol–water partition coefficient (Wildman–Crippen LogP) is 4.20. The lowest BCUT2D eigenvalue weighted by Gasteiger charge is -2.32. The van der Waals surface area contributed by atoms with Crippen molar-refractivity contribution >= 4 is 17.5 Å². The highest BCUT2D eigenvalue weighted by Gasteiger charge is 2.38. The van der Waals surface area contributed by atoms with E-state index in [0.717, 1.165) is 68.8 Å². The van der Waals surface area contributed by atoms with Crippen LogP contribution in [-0.2, 0) is 11.3 Å². The number of benzene rings is 1. The van der Waals surface area contributed by atoms with Gasteiger partial charge in [-0.15, -0.1) is 0 Å². The number of fused-ring (bicyclic) bond motifs is 1. The van der Waals surface area contributed by atoms with Crippen LogP contribution in [0.5, 0.6) is 0 Å². The molecular weight excluding hydrogens is 332 g/mol. The van der Waals surface area contributed by atoms with Gasteiger partial charge in [-0.05, 0) is 74.2 Å². The zero-order valence-corrected chi connectivity index (χ0v) is 15.8. The Kier molecular flexibility index (Phi) is 5.33. The molecule has 2 aliphatic heterocycles. The summed E-state index contributed by atoms with van der Waals surface area (Å²) in [6.45, 7) is 5.28. The van der Waals surface area contributed by atoms with Gasteiger partial charge in [0, 0.05) is 31.1 Å². The maximum Gasteiger partial charge on any atom is 0.222 e. The van der Waals surface area contributed by atoms with E-state index >= 15 is 0 Å². The second kappa shape index (κ2) is 7.67. The smallest absolute Gasteiger partial charge is 0.222 e. The van der Waals surface area contributed by atoms with E-state index in [1.54, 1.807) is 0 Å². The van der Waals surface area contributed by atoms with Crippen LogP contribution in [0.3, 0.4) is 0 Å². The van der Waals surface area contributed by atoms with Gasteiger partial charge in [0.15, 0.2) is 0 Å². The van der Waals surface area contributed by atoms with E-state index in [0.29, 0.717) is 11.8 Å². The van der Waals surface area contributed by atoms with Gasteiger partial charge in [-0.2, -0.15) is 0 Å². The van der Waals surface area contributed by atoms with Crippen molar-refractivity contribution < 1.29 is 4.79 Å². The summed E-state index contributed by atoms with van der Waals surface area (Å²) >= 11 is 5.96. The van der Waals surface area contributed by atoms with E-state index in [1.807, 2.05) is 12.1 Å². The first-order valence-corrected chi connectivity index (χ1v) is 10.3. The Hall–Kier alpha value is -1.06. The molecule has 1 amide bonds. The summed E-state index contributed by atoms with van der Waals surface area (Å²) in [4.78, 5) is 17.3. The summed E-state index contributed by atoms with van der Waals surface area (Å²) in [7, 11) is 0. The molecule has 136 valence electrons. The lowest BCUT2D eigenvalue weighted by molar-refractivity contribution is -0.131. The quantitative estimate of drug-likeness (QED) is 0.803. The summed E-state index contributed by atoms with van der Waals surface area (Å²) in [6, 6.07) is 8.16. The summed E-state index contributed by atoms with van der Waals surface area (Å²) in [5, 5.41) is 0.798. The molecule has 0 radical (unpaired) electrons. The van der Waals surface area contributed by atoms with Crippen LogP contribution in [-0.4, -0.2) is 41.9 Å². The topological polar surface area (TPSA) is 23.6 Å². The SMILES string of the molecule is O=C(CC1CCN(Cc2ccc(Cl)cc2)CC1)N1CC2CCCC2C1. The maximum atomic E-state index is 12.6. The molecule has 2 saturated heterocycles. The molecule has 25 heavy (non-hydrogen) atoms. The van der Waals surface area contributed by atoms with Gasteiger partial charge >= 0.3 is 0 Å². The Balaban J connectivity index is 1.21. The van der Waals surface area contributed by atoms with Gasteiger partial charge in [0.05, 0.1) is 0 Å². The molecule has 4 rings (SSSR count). The maximum absolute atomic E-state index is 12.6. The number of carbonyl (C=O) groups excluding carboxylic acids is 1. The van der Waals surface area contributed by atoms with Crippen molar-refractivity contribution in [2.24, 2.45) is 17.8 Å². The van der Waals surface area contributed by atoms with Crippen LogP contribution in [0.1, 0.15) is 44.1 Å². The summed E-state index contributed by atoms with van der Waals surface area (Å²) in [6.07, 6.45) is 7.15. The van der Waals surface area contributed by atoms with E-state index in [4.69, 9.17) is 11.6 Å². The molecule has 0 spiro atoms. The number of hydrogen-bond acceptors (Lipinski definition) is 2. The van der Waals surface area contributed by atoms with Gasteiger partial charge in [0.25, 0.3) is 0 Å². The molecule has 4 heteroatoms. The van der Waals surface area contributed by atoms with Crippen molar-refractivity contribution in [1.29, 1.82) is 0 Å². The first-order chi connectivity index (χ1) is 12.2. The number of nitrogens with zero attached hydrogens (tertiary/aromatic N) is 2. The van der Waals surface area contributed by atoms with Crippen molar-refractivity contribution in [3.05, 3.63) is 34.9 Å². The highest BCUT2D eigenvalue weighted by molar-refractivity contribution is 6.30. The van der Waals surface area contributed by atoms with Crippen LogP contribution in [0.25, 0.3) is 0 Å². The van der Waals surface area contributed by atoms with Gasteiger partial charge in [-0.25, -0.2) is 0 Å². The third-order valence-corrected chi connectivity index (χ3v) is 6.82. The minimum Gasteiger partial charge on any atom is -0.342 e. The monoisotopic (exact) mass is 360 g/mol. The van der Waals surface area contributed by atoms with Gasteiger partial charge in [0.1, 0.15) is 0 Å². The molecule has 3 aliphatic rings. The second-order valence-corrected chi connectivity index (χ2v) is 8.74. The average Bonchev–Trinajstić information content (AvgIpc) is 3.20. The highest BCUT2D eigenvalue weighted by atomic mass is 35.5. The summed E-state index contributed by atoms with van der Waals surface area (Å²) in [5.41, 5.74) is 1.32. The van der Waals surface area contributed by atoms with Crippen LogP contribution in [0.2, 0.25) is 5.02 Å². The zero-order chi connectivity index (χ0) is 17.2. The molecule has 2 heterocycles. The minimum atomic E-state index is 0.422. The molecular formula is C21H29ClN2O. The lowest BCUT2D eigenvalue weighted by Crippen LogP contribution is -2.36. The molecule has 0 N–H and O–H groups in total. The number of piperidine rings is 1. The first kappa shape index (κ1) is 17.4. The molecule has 0 aromatic heterocycles.